The monoisotopic (exact) mass is 391 g/mol. The first-order valence-electron chi connectivity index (χ1n) is 6.55. The number of hydrogen-bond acceptors (Lipinski definition) is 1. The highest BCUT2D eigenvalue weighted by atomic mass is 79.9. The van der Waals surface area contributed by atoms with E-state index < -0.39 is 0 Å². The summed E-state index contributed by atoms with van der Waals surface area (Å²) in [6.45, 7) is 3.11. The van der Waals surface area contributed by atoms with Crippen molar-refractivity contribution in [3.05, 3.63) is 34.8 Å². The first-order chi connectivity index (χ1) is 8.81. The second-order valence-corrected chi connectivity index (χ2v) is 4.77. The van der Waals surface area contributed by atoms with Crippen LogP contribution in [0.2, 0.25) is 0 Å². The van der Waals surface area contributed by atoms with E-state index in [4.69, 9.17) is 5.73 Å². The highest BCUT2D eigenvalue weighted by Gasteiger charge is 1.85. The average molecular weight is 393 g/mol. The van der Waals surface area contributed by atoms with Crippen LogP contribution in [0.25, 0.3) is 0 Å². The van der Waals surface area contributed by atoms with Crippen LogP contribution in [0.3, 0.4) is 0 Å². The van der Waals surface area contributed by atoms with Crippen molar-refractivity contribution < 1.29 is 0 Å². The molecule has 0 unspecified atom stereocenters. The first-order valence-corrected chi connectivity index (χ1v) is 7.34. The molecule has 110 valence electrons. The summed E-state index contributed by atoms with van der Waals surface area (Å²) < 4.78 is 1.13. The molecule has 1 nitrogen and oxygen atoms in total. The maximum Gasteiger partial charge on any atom is 0.0175 e. The van der Waals surface area contributed by atoms with Gasteiger partial charge in [0.15, 0.2) is 0 Å². The molecule has 2 N–H and O–H groups in total. The van der Waals surface area contributed by atoms with Crippen LogP contribution in [0, 0.1) is 12.8 Å². The van der Waals surface area contributed by atoms with Gasteiger partial charge in [-0.2, -0.15) is 0 Å². The lowest BCUT2D eigenvalue weighted by Gasteiger charge is -1.96. The number of benzene rings is 1. The van der Waals surface area contributed by atoms with E-state index in [2.05, 4.69) is 35.7 Å². The summed E-state index contributed by atoms with van der Waals surface area (Å²) in [5.74, 6) is 0. The van der Waals surface area contributed by atoms with Crippen LogP contribution in [0.15, 0.2) is 34.8 Å². The van der Waals surface area contributed by atoms with Gasteiger partial charge >= 0.3 is 0 Å². The molecule has 0 bridgehead atoms. The summed E-state index contributed by atoms with van der Waals surface area (Å²) in [5.41, 5.74) is 5.34. The third-order valence-electron chi connectivity index (χ3n) is 2.29. The molecule has 1 rings (SSSR count). The van der Waals surface area contributed by atoms with E-state index in [-0.39, 0.29) is 17.0 Å². The predicted molar refractivity (Wildman–Crippen MR) is 96.8 cm³/mol. The molecule has 0 aliphatic carbocycles. The lowest BCUT2D eigenvalue weighted by atomic mass is 10.1. The van der Waals surface area contributed by atoms with E-state index in [9.17, 15) is 0 Å². The Labute approximate surface area is 138 Å². The Morgan fingerprint density at radius 1 is 0.947 bits per heavy atom. The van der Waals surface area contributed by atoms with Gasteiger partial charge in [0.25, 0.3) is 0 Å². The zero-order valence-electron chi connectivity index (χ0n) is 11.9. The molecule has 3 heteroatoms. The van der Waals surface area contributed by atoms with Gasteiger partial charge in [-0.1, -0.05) is 73.2 Å². The van der Waals surface area contributed by atoms with Gasteiger partial charge in [0, 0.05) is 4.47 Å². The molecule has 0 amide bonds. The highest BCUT2D eigenvalue weighted by molar-refractivity contribution is 9.10. The third kappa shape index (κ3) is 23.2. The van der Waals surface area contributed by atoms with Crippen LogP contribution in [0.1, 0.15) is 45.4 Å². The molecule has 0 aliphatic rings. The maximum atomic E-state index is 5.34. The molecule has 0 heterocycles. The highest BCUT2D eigenvalue weighted by Crippen LogP contribution is 2.05. The van der Waals surface area contributed by atoms with E-state index in [0.717, 1.165) is 11.0 Å². The van der Waals surface area contributed by atoms with Gasteiger partial charge in [-0.05, 0) is 25.1 Å². The number of terminal acetylenes is 1. The van der Waals surface area contributed by atoms with Crippen molar-refractivity contribution in [2.24, 2.45) is 5.73 Å². The summed E-state index contributed by atoms with van der Waals surface area (Å²) in [4.78, 5) is 0. The molecule has 0 aliphatic heterocycles. The van der Waals surface area contributed by atoms with Crippen LogP contribution < -0.4 is 5.73 Å². The topological polar surface area (TPSA) is 26.0 Å². The minimum atomic E-state index is 0. The maximum absolute atomic E-state index is 5.34. The Morgan fingerprint density at radius 3 is 1.79 bits per heavy atom. The first kappa shape index (κ1) is 23.8. The van der Waals surface area contributed by atoms with Gasteiger partial charge in [0.1, 0.15) is 0 Å². The van der Waals surface area contributed by atoms with Gasteiger partial charge in [0.05, 0.1) is 0 Å². The van der Waals surface area contributed by atoms with Crippen molar-refractivity contribution in [3.63, 3.8) is 0 Å². The normalized spacial score (nSPS) is 8.05. The van der Waals surface area contributed by atoms with Gasteiger partial charge in [-0.25, -0.2) is 0 Å². The fourth-order valence-electron chi connectivity index (χ4n) is 1.34. The van der Waals surface area contributed by atoms with Crippen LogP contribution in [0.4, 0.5) is 0 Å². The Kier molecular flexibility index (Phi) is 28.6. The Balaban J connectivity index is -0.000000231. The molecule has 1 aromatic carbocycles. The van der Waals surface area contributed by atoms with Crippen molar-refractivity contribution in [3.8, 4) is 12.8 Å². The molecule has 0 aromatic heterocycles. The molecule has 0 atom stereocenters. The second kappa shape index (κ2) is 22.8. The molecule has 0 spiro atoms. The molecular formula is C16H27Br2N. The minimum absolute atomic E-state index is 0. The lowest BCUT2D eigenvalue weighted by molar-refractivity contribution is 0.612. The standard InChI is InChI=1S/C8H19N.C6H5Br.C2H2.BrH/c1-2-3-4-5-6-7-8-9;7-6-4-2-1-3-5-6;1-2;/h2-9H2,1H3;1-5H;1-2H;1H. The van der Waals surface area contributed by atoms with Crippen LogP contribution in [0.5, 0.6) is 0 Å². The van der Waals surface area contributed by atoms with Gasteiger partial charge in [-0.3, -0.25) is 0 Å². The van der Waals surface area contributed by atoms with Gasteiger partial charge < -0.3 is 5.73 Å². The Hall–Kier alpha value is -0.300. The molecule has 0 fully saturated rings. The fourth-order valence-corrected chi connectivity index (χ4v) is 1.64. The van der Waals surface area contributed by atoms with E-state index in [1.165, 1.54) is 38.5 Å². The van der Waals surface area contributed by atoms with E-state index >= 15 is 0 Å². The SMILES string of the molecule is Br.Brc1ccccc1.C#C.CCCCCCCCN. The zero-order chi connectivity index (χ0) is 14.1. The Bertz CT molecular complexity index is 254. The molecular weight excluding hydrogens is 366 g/mol. The zero-order valence-corrected chi connectivity index (χ0v) is 15.2. The Morgan fingerprint density at radius 2 is 1.42 bits per heavy atom. The summed E-state index contributed by atoms with van der Waals surface area (Å²) in [6, 6.07) is 9.97. The summed E-state index contributed by atoms with van der Waals surface area (Å²) in [6.07, 6.45) is 16.1. The summed E-state index contributed by atoms with van der Waals surface area (Å²) in [7, 11) is 0. The van der Waals surface area contributed by atoms with Gasteiger partial charge in [-0.15, -0.1) is 29.8 Å². The number of hydrogen-bond donors (Lipinski definition) is 1. The van der Waals surface area contributed by atoms with Crippen LogP contribution in [-0.2, 0) is 0 Å². The van der Waals surface area contributed by atoms with E-state index in [1.54, 1.807) is 0 Å². The summed E-state index contributed by atoms with van der Waals surface area (Å²) >= 11 is 3.31. The van der Waals surface area contributed by atoms with Crippen molar-refractivity contribution >= 4 is 32.9 Å². The number of rotatable bonds is 6. The number of unbranched alkanes of at least 4 members (excludes halogenated alkanes) is 5. The van der Waals surface area contributed by atoms with Crippen LogP contribution >= 0.6 is 32.9 Å². The molecule has 1 aromatic rings. The van der Waals surface area contributed by atoms with Crippen LogP contribution in [-0.4, -0.2) is 6.54 Å². The number of halogens is 2. The lowest BCUT2D eigenvalue weighted by Crippen LogP contribution is -1.97. The molecule has 19 heavy (non-hydrogen) atoms. The van der Waals surface area contributed by atoms with E-state index in [1.807, 2.05) is 30.3 Å². The van der Waals surface area contributed by atoms with Crippen molar-refractivity contribution in [1.29, 1.82) is 0 Å². The average Bonchev–Trinajstić information content (AvgIpc) is 2.43. The molecule has 0 radical (unpaired) electrons. The smallest absolute Gasteiger partial charge is 0.0175 e. The van der Waals surface area contributed by atoms with Crippen molar-refractivity contribution in [1.82, 2.24) is 0 Å². The molecule has 0 saturated carbocycles. The van der Waals surface area contributed by atoms with Gasteiger partial charge in [0.2, 0.25) is 0 Å². The number of nitrogens with two attached hydrogens (primary N) is 1. The largest absolute Gasteiger partial charge is 0.330 e. The fraction of sp³-hybridized carbons (Fsp3) is 0.500. The van der Waals surface area contributed by atoms with Crippen molar-refractivity contribution in [2.75, 3.05) is 6.54 Å². The predicted octanol–water partition coefficient (Wildman–Crippen LogP) is 5.58. The quantitative estimate of drug-likeness (QED) is 0.496. The van der Waals surface area contributed by atoms with E-state index in [0.29, 0.717) is 0 Å². The second-order valence-electron chi connectivity index (χ2n) is 3.85. The summed E-state index contributed by atoms with van der Waals surface area (Å²) in [5, 5.41) is 0. The molecule has 0 saturated heterocycles. The third-order valence-corrected chi connectivity index (χ3v) is 2.82. The van der Waals surface area contributed by atoms with Crippen molar-refractivity contribution in [2.45, 2.75) is 45.4 Å². The minimum Gasteiger partial charge on any atom is -0.330 e.